The minimum atomic E-state index is 0.163. The van der Waals surface area contributed by atoms with Crippen molar-refractivity contribution in [3.63, 3.8) is 0 Å². The normalized spacial score (nSPS) is 36.1. The molecule has 5 heteroatoms. The van der Waals surface area contributed by atoms with E-state index in [0.717, 1.165) is 39.1 Å². The Kier molecular flexibility index (Phi) is 5.12. The van der Waals surface area contributed by atoms with E-state index < -0.39 is 0 Å². The van der Waals surface area contributed by atoms with E-state index in [4.69, 9.17) is 0 Å². The fraction of sp³-hybridized carbons (Fsp3) is 0.938. The average Bonchev–Trinajstić information content (AvgIpc) is 2.95. The van der Waals surface area contributed by atoms with Gasteiger partial charge in [0.25, 0.3) is 0 Å². The summed E-state index contributed by atoms with van der Waals surface area (Å²) in [5.74, 6) is 0.407. The van der Waals surface area contributed by atoms with Crippen molar-refractivity contribution in [3.05, 3.63) is 0 Å². The van der Waals surface area contributed by atoms with E-state index in [1.165, 1.54) is 19.3 Å². The van der Waals surface area contributed by atoms with Gasteiger partial charge in [-0.05, 0) is 45.3 Å². The molecule has 120 valence electrons. The monoisotopic (exact) mass is 311 g/mol. The number of thioether (sulfide) groups is 1. The molecule has 0 aromatic carbocycles. The third-order valence-electron chi connectivity index (χ3n) is 5.09. The summed E-state index contributed by atoms with van der Waals surface area (Å²) in [4.78, 5) is 17.7. The van der Waals surface area contributed by atoms with Gasteiger partial charge in [0.2, 0.25) is 5.91 Å². The summed E-state index contributed by atoms with van der Waals surface area (Å²) >= 11 is 2.02. The molecule has 3 saturated heterocycles. The molecule has 3 rings (SSSR count). The van der Waals surface area contributed by atoms with Crippen LogP contribution in [0, 0.1) is 0 Å². The lowest BCUT2D eigenvalue weighted by atomic mass is 10.0. The van der Waals surface area contributed by atoms with Crippen molar-refractivity contribution in [3.8, 4) is 0 Å². The molecule has 3 fully saturated rings. The van der Waals surface area contributed by atoms with Crippen molar-refractivity contribution >= 4 is 17.7 Å². The summed E-state index contributed by atoms with van der Waals surface area (Å²) in [6.45, 7) is 9.70. The minimum absolute atomic E-state index is 0.163. The maximum Gasteiger partial charge on any atom is 0.240 e. The standard InChI is InChI=1S/C16H29N3OS/c1-12-10-18(11-13(2)21-12)16(20)15-4-3-9-19(15)14-5-7-17-8-6-14/h12-15,17H,3-11H2,1-2H3. The van der Waals surface area contributed by atoms with Crippen LogP contribution in [-0.2, 0) is 4.79 Å². The van der Waals surface area contributed by atoms with Crippen LogP contribution in [-0.4, -0.2) is 71.0 Å². The van der Waals surface area contributed by atoms with Gasteiger partial charge >= 0.3 is 0 Å². The second-order valence-corrected chi connectivity index (χ2v) is 8.76. The van der Waals surface area contributed by atoms with Crippen molar-refractivity contribution in [2.75, 3.05) is 32.7 Å². The van der Waals surface area contributed by atoms with Gasteiger partial charge in [0.15, 0.2) is 0 Å². The molecule has 0 bridgehead atoms. The summed E-state index contributed by atoms with van der Waals surface area (Å²) < 4.78 is 0. The Hall–Kier alpha value is -0.260. The lowest BCUT2D eigenvalue weighted by molar-refractivity contribution is -0.137. The number of likely N-dealkylation sites (tertiary alicyclic amines) is 1. The van der Waals surface area contributed by atoms with Gasteiger partial charge in [-0.25, -0.2) is 0 Å². The molecule has 21 heavy (non-hydrogen) atoms. The molecule has 3 heterocycles. The van der Waals surface area contributed by atoms with Crippen LogP contribution in [0.1, 0.15) is 39.5 Å². The highest BCUT2D eigenvalue weighted by molar-refractivity contribution is 8.00. The first kappa shape index (κ1) is 15.6. The summed E-state index contributed by atoms with van der Waals surface area (Å²) in [5, 5.41) is 4.58. The largest absolute Gasteiger partial charge is 0.339 e. The number of carbonyl (C=O) groups is 1. The zero-order valence-electron chi connectivity index (χ0n) is 13.4. The minimum Gasteiger partial charge on any atom is -0.339 e. The van der Waals surface area contributed by atoms with Crippen LogP contribution in [0.2, 0.25) is 0 Å². The van der Waals surface area contributed by atoms with E-state index >= 15 is 0 Å². The number of nitrogens with zero attached hydrogens (tertiary/aromatic N) is 2. The third kappa shape index (κ3) is 3.57. The van der Waals surface area contributed by atoms with Crippen molar-refractivity contribution < 1.29 is 4.79 Å². The van der Waals surface area contributed by atoms with E-state index in [1.807, 2.05) is 11.8 Å². The van der Waals surface area contributed by atoms with E-state index in [9.17, 15) is 4.79 Å². The zero-order chi connectivity index (χ0) is 14.8. The van der Waals surface area contributed by atoms with E-state index in [0.29, 0.717) is 22.4 Å². The molecule has 3 atom stereocenters. The van der Waals surface area contributed by atoms with Crippen LogP contribution in [0.5, 0.6) is 0 Å². The highest BCUT2D eigenvalue weighted by atomic mass is 32.2. The van der Waals surface area contributed by atoms with Crippen molar-refractivity contribution in [2.24, 2.45) is 0 Å². The van der Waals surface area contributed by atoms with Gasteiger partial charge in [0.05, 0.1) is 6.04 Å². The molecule has 0 radical (unpaired) electrons. The molecular weight excluding hydrogens is 282 g/mol. The molecule has 0 saturated carbocycles. The Morgan fingerprint density at radius 2 is 1.76 bits per heavy atom. The maximum absolute atomic E-state index is 13.0. The van der Waals surface area contributed by atoms with Gasteiger partial charge in [-0.15, -0.1) is 0 Å². The Balaban J connectivity index is 1.65. The van der Waals surface area contributed by atoms with Gasteiger partial charge in [-0.3, -0.25) is 9.69 Å². The Bertz CT molecular complexity index is 363. The Morgan fingerprint density at radius 3 is 2.43 bits per heavy atom. The molecule has 4 nitrogen and oxygen atoms in total. The van der Waals surface area contributed by atoms with Crippen LogP contribution in [0.3, 0.4) is 0 Å². The number of rotatable bonds is 2. The van der Waals surface area contributed by atoms with Gasteiger partial charge in [0, 0.05) is 29.6 Å². The van der Waals surface area contributed by atoms with Crippen molar-refractivity contribution in [1.82, 2.24) is 15.1 Å². The predicted molar refractivity (Wildman–Crippen MR) is 88.7 cm³/mol. The molecule has 3 aliphatic heterocycles. The lowest BCUT2D eigenvalue weighted by Gasteiger charge is -2.40. The predicted octanol–water partition coefficient (Wildman–Crippen LogP) is 1.56. The maximum atomic E-state index is 13.0. The number of hydrogen-bond donors (Lipinski definition) is 1. The molecule has 3 aliphatic rings. The fourth-order valence-electron chi connectivity index (χ4n) is 4.20. The highest BCUT2D eigenvalue weighted by Crippen LogP contribution is 2.29. The fourth-order valence-corrected chi connectivity index (χ4v) is 5.52. The molecule has 0 aromatic heterocycles. The Morgan fingerprint density at radius 1 is 1.10 bits per heavy atom. The van der Waals surface area contributed by atoms with Gasteiger partial charge in [-0.1, -0.05) is 13.8 Å². The van der Waals surface area contributed by atoms with E-state index in [-0.39, 0.29) is 6.04 Å². The van der Waals surface area contributed by atoms with Crippen LogP contribution < -0.4 is 5.32 Å². The highest BCUT2D eigenvalue weighted by Gasteiger charge is 2.39. The summed E-state index contributed by atoms with van der Waals surface area (Å²) in [7, 11) is 0. The quantitative estimate of drug-likeness (QED) is 0.839. The second-order valence-electron chi connectivity index (χ2n) is 6.88. The zero-order valence-corrected chi connectivity index (χ0v) is 14.2. The van der Waals surface area contributed by atoms with Crippen LogP contribution >= 0.6 is 11.8 Å². The third-order valence-corrected chi connectivity index (χ3v) is 6.32. The van der Waals surface area contributed by atoms with Crippen LogP contribution in [0.15, 0.2) is 0 Å². The van der Waals surface area contributed by atoms with Gasteiger partial charge in [0.1, 0.15) is 0 Å². The van der Waals surface area contributed by atoms with E-state index in [1.54, 1.807) is 0 Å². The molecule has 0 aliphatic carbocycles. The summed E-state index contributed by atoms with van der Waals surface area (Å²) in [6, 6.07) is 0.785. The summed E-state index contributed by atoms with van der Waals surface area (Å²) in [5.41, 5.74) is 0. The number of amides is 1. The van der Waals surface area contributed by atoms with Crippen LogP contribution in [0.4, 0.5) is 0 Å². The van der Waals surface area contributed by atoms with Gasteiger partial charge < -0.3 is 10.2 Å². The van der Waals surface area contributed by atoms with E-state index in [2.05, 4.69) is 29.0 Å². The van der Waals surface area contributed by atoms with Crippen molar-refractivity contribution in [2.45, 2.75) is 62.1 Å². The first-order valence-corrected chi connectivity index (χ1v) is 9.50. The number of nitrogens with one attached hydrogen (secondary N) is 1. The number of hydrogen-bond acceptors (Lipinski definition) is 4. The van der Waals surface area contributed by atoms with Crippen LogP contribution in [0.25, 0.3) is 0 Å². The molecular formula is C16H29N3OS. The smallest absolute Gasteiger partial charge is 0.240 e. The first-order valence-electron chi connectivity index (χ1n) is 8.56. The topological polar surface area (TPSA) is 35.6 Å². The van der Waals surface area contributed by atoms with Gasteiger partial charge in [-0.2, -0.15) is 11.8 Å². The molecule has 3 unspecified atom stereocenters. The molecule has 0 aromatic rings. The summed E-state index contributed by atoms with van der Waals surface area (Å²) in [6.07, 6.45) is 4.65. The molecule has 1 N–H and O–H groups in total. The number of piperidine rings is 1. The Labute approximate surface area is 133 Å². The SMILES string of the molecule is CC1CN(C(=O)C2CCCN2C2CCNCC2)CC(C)S1. The lowest BCUT2D eigenvalue weighted by Crippen LogP contribution is -2.54. The molecule has 1 amide bonds. The van der Waals surface area contributed by atoms with Crippen molar-refractivity contribution in [1.29, 1.82) is 0 Å². The number of carbonyl (C=O) groups excluding carboxylic acids is 1. The first-order chi connectivity index (χ1) is 10.1. The second kappa shape index (κ2) is 6.88. The average molecular weight is 311 g/mol. The molecule has 0 spiro atoms.